The van der Waals surface area contributed by atoms with Crippen LogP contribution in [0.1, 0.15) is 53.9 Å². The summed E-state index contributed by atoms with van der Waals surface area (Å²) in [4.78, 5) is 50.1. The summed E-state index contributed by atoms with van der Waals surface area (Å²) in [5.41, 5.74) is 0. The van der Waals surface area contributed by atoms with Crippen LogP contribution in [0, 0.1) is 11.8 Å². The Morgan fingerprint density at radius 3 is 2.06 bits per heavy atom. The highest BCUT2D eigenvalue weighted by atomic mass is 16.5. The van der Waals surface area contributed by atoms with Gasteiger partial charge in [0.05, 0.1) is 19.3 Å². The Hall–Kier alpha value is -2.20. The summed E-state index contributed by atoms with van der Waals surface area (Å²) in [6.07, 6.45) is 0.708. The summed E-state index contributed by atoms with van der Waals surface area (Å²) in [7, 11) is 1.23. The number of hydrogen-bond acceptors (Lipinski definition) is 7. The van der Waals surface area contributed by atoms with Gasteiger partial charge in [-0.15, -0.1) is 0 Å². The Balaban J connectivity index is 2.87. The highest BCUT2D eigenvalue weighted by Gasteiger charge is 2.34. The van der Waals surface area contributed by atoms with Crippen molar-refractivity contribution in [1.82, 2.24) is 21.3 Å². The smallest absolute Gasteiger partial charge is 0.328 e. The van der Waals surface area contributed by atoms with Crippen molar-refractivity contribution in [3.63, 3.8) is 0 Å². The van der Waals surface area contributed by atoms with Gasteiger partial charge in [0.1, 0.15) is 18.1 Å². The SMILES string of the molecule is COC(=O)[C@H](CC(C)C)NC(=O)[C@H](NC(=O)[C@H](NC(=O)[C@@H]1CCCN1)C(C)C)[C@@H](C)O. The molecule has 0 spiro atoms. The molecule has 0 saturated carbocycles. The lowest BCUT2D eigenvalue weighted by Crippen LogP contribution is -2.60. The van der Waals surface area contributed by atoms with Gasteiger partial charge in [0, 0.05) is 0 Å². The van der Waals surface area contributed by atoms with Crippen LogP contribution < -0.4 is 21.3 Å². The molecule has 1 heterocycles. The van der Waals surface area contributed by atoms with Crippen molar-refractivity contribution in [3.8, 4) is 0 Å². The van der Waals surface area contributed by atoms with Gasteiger partial charge in [-0.3, -0.25) is 14.4 Å². The van der Waals surface area contributed by atoms with Gasteiger partial charge in [-0.25, -0.2) is 4.79 Å². The average Bonchev–Trinajstić information content (AvgIpc) is 3.22. The van der Waals surface area contributed by atoms with E-state index in [0.29, 0.717) is 12.8 Å². The summed E-state index contributed by atoms with van der Waals surface area (Å²) in [5, 5.41) is 21.0. The molecule has 1 aliphatic heterocycles. The first-order valence-corrected chi connectivity index (χ1v) is 10.9. The minimum atomic E-state index is -1.30. The molecule has 178 valence electrons. The molecule has 10 heteroatoms. The van der Waals surface area contributed by atoms with Gasteiger partial charge in [0.15, 0.2) is 0 Å². The van der Waals surface area contributed by atoms with Gasteiger partial charge in [-0.2, -0.15) is 0 Å². The second kappa shape index (κ2) is 12.6. The minimum Gasteiger partial charge on any atom is -0.467 e. The molecule has 1 saturated heterocycles. The van der Waals surface area contributed by atoms with Crippen molar-refractivity contribution in [3.05, 3.63) is 0 Å². The second-order valence-electron chi connectivity index (χ2n) is 8.82. The fourth-order valence-electron chi connectivity index (χ4n) is 3.43. The van der Waals surface area contributed by atoms with Crippen LogP contribution in [0.2, 0.25) is 0 Å². The third-order valence-electron chi connectivity index (χ3n) is 5.20. The molecule has 3 amide bonds. The Bertz CT molecular complexity index is 631. The molecule has 1 fully saturated rings. The van der Waals surface area contributed by atoms with Gasteiger partial charge in [-0.1, -0.05) is 27.7 Å². The molecule has 0 aromatic carbocycles. The summed E-state index contributed by atoms with van der Waals surface area (Å²) in [6, 6.07) is -3.42. The van der Waals surface area contributed by atoms with Crippen molar-refractivity contribution < 1.29 is 29.0 Å². The lowest BCUT2D eigenvalue weighted by Gasteiger charge is -2.28. The third-order valence-corrected chi connectivity index (χ3v) is 5.20. The highest BCUT2D eigenvalue weighted by Crippen LogP contribution is 2.10. The topological polar surface area (TPSA) is 146 Å². The number of carbonyl (C=O) groups is 4. The maximum Gasteiger partial charge on any atom is 0.328 e. The van der Waals surface area contributed by atoms with E-state index >= 15 is 0 Å². The monoisotopic (exact) mass is 442 g/mol. The number of rotatable bonds is 11. The van der Waals surface area contributed by atoms with E-state index in [1.54, 1.807) is 13.8 Å². The molecular formula is C21H38N4O6. The van der Waals surface area contributed by atoms with Crippen LogP contribution in [0.3, 0.4) is 0 Å². The van der Waals surface area contributed by atoms with Crippen molar-refractivity contribution in [1.29, 1.82) is 0 Å². The van der Waals surface area contributed by atoms with Crippen LogP contribution in [0.15, 0.2) is 0 Å². The molecular weight excluding hydrogens is 404 g/mol. The van der Waals surface area contributed by atoms with Crippen LogP contribution in [0.25, 0.3) is 0 Å². The highest BCUT2D eigenvalue weighted by molar-refractivity contribution is 5.94. The predicted octanol–water partition coefficient (Wildman–Crippen LogP) is -0.551. The van der Waals surface area contributed by atoms with Crippen LogP contribution >= 0.6 is 0 Å². The molecule has 5 atom stereocenters. The summed E-state index contributed by atoms with van der Waals surface area (Å²) < 4.78 is 4.74. The first-order chi connectivity index (χ1) is 14.5. The van der Waals surface area contributed by atoms with E-state index in [0.717, 1.165) is 13.0 Å². The Labute approximate surface area is 184 Å². The lowest BCUT2D eigenvalue weighted by atomic mass is 10.0. The molecule has 31 heavy (non-hydrogen) atoms. The number of aliphatic hydroxyl groups excluding tert-OH is 1. The van der Waals surface area contributed by atoms with Crippen molar-refractivity contribution in [2.75, 3.05) is 13.7 Å². The number of carbonyl (C=O) groups excluding carboxylic acids is 4. The molecule has 0 aromatic heterocycles. The Morgan fingerprint density at radius 2 is 1.61 bits per heavy atom. The van der Waals surface area contributed by atoms with Crippen LogP contribution in [-0.2, 0) is 23.9 Å². The molecule has 1 rings (SSSR count). The zero-order chi connectivity index (χ0) is 23.7. The van der Waals surface area contributed by atoms with E-state index in [4.69, 9.17) is 4.74 Å². The van der Waals surface area contributed by atoms with Crippen LogP contribution in [0.4, 0.5) is 0 Å². The molecule has 0 radical (unpaired) electrons. The van der Waals surface area contributed by atoms with E-state index in [1.807, 2.05) is 13.8 Å². The fraction of sp³-hybridized carbons (Fsp3) is 0.810. The first kappa shape index (κ1) is 26.8. The molecule has 0 aliphatic carbocycles. The number of hydrogen-bond donors (Lipinski definition) is 5. The van der Waals surface area contributed by atoms with Crippen LogP contribution in [0.5, 0.6) is 0 Å². The van der Waals surface area contributed by atoms with E-state index in [-0.39, 0.29) is 23.8 Å². The third kappa shape index (κ3) is 8.45. The van der Waals surface area contributed by atoms with E-state index in [1.165, 1.54) is 14.0 Å². The number of methoxy groups -OCH3 is 1. The predicted molar refractivity (Wildman–Crippen MR) is 115 cm³/mol. The lowest BCUT2D eigenvalue weighted by molar-refractivity contribution is -0.146. The van der Waals surface area contributed by atoms with E-state index < -0.39 is 42.0 Å². The maximum absolute atomic E-state index is 12.9. The van der Waals surface area contributed by atoms with Crippen LogP contribution in [-0.4, -0.2) is 72.7 Å². The molecule has 1 aliphatic rings. The van der Waals surface area contributed by atoms with Crippen molar-refractivity contribution >= 4 is 23.7 Å². The number of amides is 3. The summed E-state index contributed by atoms with van der Waals surface area (Å²) >= 11 is 0. The molecule has 0 unspecified atom stereocenters. The van der Waals surface area contributed by atoms with E-state index in [2.05, 4.69) is 21.3 Å². The van der Waals surface area contributed by atoms with Gasteiger partial charge < -0.3 is 31.1 Å². The Kier molecular flexibility index (Phi) is 10.9. The number of nitrogens with one attached hydrogen (secondary N) is 4. The van der Waals surface area contributed by atoms with Gasteiger partial charge in [0.25, 0.3) is 0 Å². The largest absolute Gasteiger partial charge is 0.467 e. The minimum absolute atomic E-state index is 0.105. The molecule has 5 N–H and O–H groups in total. The van der Waals surface area contributed by atoms with Crippen molar-refractivity contribution in [2.45, 2.75) is 84.2 Å². The van der Waals surface area contributed by atoms with Crippen molar-refractivity contribution in [2.24, 2.45) is 11.8 Å². The van der Waals surface area contributed by atoms with E-state index in [9.17, 15) is 24.3 Å². The number of aliphatic hydroxyl groups is 1. The number of ether oxygens (including phenoxy) is 1. The zero-order valence-electron chi connectivity index (χ0n) is 19.4. The van der Waals surface area contributed by atoms with Gasteiger partial charge >= 0.3 is 5.97 Å². The standard InChI is InChI=1S/C21H38N4O6/c1-11(2)10-15(21(30)31-6)23-20(29)17(13(5)26)25-19(28)16(12(3)4)24-18(27)14-8-7-9-22-14/h11-17,22,26H,7-10H2,1-6H3,(H,23,29)(H,24,27)(H,25,28)/t13-,14+,15+,16-,17-/m1/s1. The Morgan fingerprint density at radius 1 is 1.00 bits per heavy atom. The normalized spacial score (nSPS) is 20.0. The zero-order valence-corrected chi connectivity index (χ0v) is 19.4. The second-order valence-corrected chi connectivity index (χ2v) is 8.82. The fourth-order valence-corrected chi connectivity index (χ4v) is 3.43. The van der Waals surface area contributed by atoms with Gasteiger partial charge in [0.2, 0.25) is 17.7 Å². The molecule has 10 nitrogen and oxygen atoms in total. The maximum atomic E-state index is 12.9. The summed E-state index contributed by atoms with van der Waals surface area (Å²) in [6.45, 7) is 9.46. The van der Waals surface area contributed by atoms with Gasteiger partial charge in [-0.05, 0) is 44.6 Å². The number of esters is 1. The summed E-state index contributed by atoms with van der Waals surface area (Å²) in [5.74, 6) is -2.30. The average molecular weight is 443 g/mol. The molecule has 0 aromatic rings. The molecule has 0 bridgehead atoms. The quantitative estimate of drug-likeness (QED) is 0.270. The first-order valence-electron chi connectivity index (χ1n) is 10.9.